The number of hydrogen-bond acceptors (Lipinski definition) is 4. The van der Waals surface area contributed by atoms with E-state index in [1.807, 2.05) is 0 Å². The molecule has 1 rings (SSSR count). The van der Waals surface area contributed by atoms with Gasteiger partial charge in [-0.15, -0.1) is 0 Å². The average molecular weight is 300 g/mol. The van der Waals surface area contributed by atoms with Crippen LogP contribution in [0.2, 0.25) is 0 Å². The topological polar surface area (TPSA) is 87.2 Å². The number of likely N-dealkylation sites (tertiary alicyclic amines) is 1. The van der Waals surface area contributed by atoms with Crippen LogP contribution in [-0.4, -0.2) is 66.2 Å². The highest BCUT2D eigenvalue weighted by molar-refractivity contribution is 5.77. The third kappa shape index (κ3) is 4.91. The Morgan fingerprint density at radius 3 is 2.38 bits per heavy atom. The fraction of sp³-hybridized carbons (Fsp3) is 0.786. The van der Waals surface area contributed by atoms with Crippen molar-refractivity contribution in [3.05, 3.63) is 0 Å². The van der Waals surface area contributed by atoms with Crippen LogP contribution < -0.4 is 0 Å². The van der Waals surface area contributed by atoms with Crippen LogP contribution in [-0.2, 0) is 14.3 Å². The molecule has 0 aliphatic carbocycles. The summed E-state index contributed by atoms with van der Waals surface area (Å²) in [6.07, 6.45) is 1.18. The molecule has 0 spiro atoms. The highest BCUT2D eigenvalue weighted by Crippen LogP contribution is 2.19. The Kier molecular flexibility index (Phi) is 6.45. The van der Waals surface area contributed by atoms with E-state index >= 15 is 0 Å². The van der Waals surface area contributed by atoms with Crippen LogP contribution in [0.15, 0.2) is 0 Å². The van der Waals surface area contributed by atoms with E-state index in [9.17, 15) is 14.4 Å². The summed E-state index contributed by atoms with van der Waals surface area (Å²) in [6.45, 7) is 4.87. The number of carbonyl (C=O) groups is 3. The van der Waals surface area contributed by atoms with Crippen molar-refractivity contribution in [1.82, 2.24) is 9.80 Å². The second kappa shape index (κ2) is 7.85. The van der Waals surface area contributed by atoms with Crippen molar-refractivity contribution in [2.45, 2.75) is 26.7 Å². The molecule has 1 N–H and O–H groups in total. The molecule has 0 aromatic carbocycles. The smallest absolute Gasteiger partial charge is 0.319 e. The van der Waals surface area contributed by atoms with Crippen molar-refractivity contribution in [2.75, 3.05) is 33.3 Å². The van der Waals surface area contributed by atoms with Gasteiger partial charge in [0.1, 0.15) is 0 Å². The number of rotatable bonds is 5. The summed E-state index contributed by atoms with van der Waals surface area (Å²) in [5.74, 6) is -1.86. The third-order valence-electron chi connectivity index (χ3n) is 3.68. The first-order chi connectivity index (χ1) is 9.86. The average Bonchev–Trinajstić information content (AvgIpc) is 2.46. The third-order valence-corrected chi connectivity index (χ3v) is 3.68. The van der Waals surface area contributed by atoms with E-state index in [0.29, 0.717) is 32.5 Å². The number of carboxylic acids is 1. The van der Waals surface area contributed by atoms with Gasteiger partial charge in [0.25, 0.3) is 0 Å². The molecule has 21 heavy (non-hydrogen) atoms. The Morgan fingerprint density at radius 1 is 1.33 bits per heavy atom. The number of esters is 1. The summed E-state index contributed by atoms with van der Waals surface area (Å²) in [4.78, 5) is 37.7. The second-order valence-corrected chi connectivity index (χ2v) is 5.42. The van der Waals surface area contributed by atoms with Gasteiger partial charge in [0.2, 0.25) is 0 Å². The van der Waals surface area contributed by atoms with E-state index in [1.54, 1.807) is 25.8 Å². The molecule has 1 aliphatic rings. The number of hydrogen-bond donors (Lipinski definition) is 1. The summed E-state index contributed by atoms with van der Waals surface area (Å²) < 4.78 is 4.99. The van der Waals surface area contributed by atoms with Crippen molar-refractivity contribution in [3.8, 4) is 0 Å². The van der Waals surface area contributed by atoms with Gasteiger partial charge in [-0.1, -0.05) is 6.92 Å². The molecule has 0 saturated carbocycles. The van der Waals surface area contributed by atoms with E-state index in [2.05, 4.69) is 0 Å². The molecule has 7 nitrogen and oxygen atoms in total. The molecular formula is C14H24N2O5. The number of nitrogens with zero attached hydrogens (tertiary/aromatic N) is 2. The zero-order valence-electron chi connectivity index (χ0n) is 12.9. The lowest BCUT2D eigenvalue weighted by Gasteiger charge is -2.34. The first kappa shape index (κ1) is 17.3. The molecule has 0 radical (unpaired) electrons. The van der Waals surface area contributed by atoms with Gasteiger partial charge in [0.15, 0.2) is 0 Å². The molecule has 1 fully saturated rings. The van der Waals surface area contributed by atoms with Crippen LogP contribution in [0.4, 0.5) is 4.79 Å². The fourth-order valence-electron chi connectivity index (χ4n) is 2.37. The standard InChI is InChI=1S/C14H24N2O5/c1-4-21-13(19)11-5-7-16(8-6-11)14(20)15(3)9-10(2)12(17)18/h10-11H,4-9H2,1-3H3,(H,17,18). The minimum atomic E-state index is -0.921. The van der Waals surface area contributed by atoms with Crippen LogP contribution in [0.5, 0.6) is 0 Å². The molecule has 0 aromatic rings. The van der Waals surface area contributed by atoms with Crippen molar-refractivity contribution in [2.24, 2.45) is 11.8 Å². The Bertz CT molecular complexity index is 391. The number of ether oxygens (including phenoxy) is 1. The van der Waals surface area contributed by atoms with Crippen molar-refractivity contribution < 1.29 is 24.2 Å². The number of aliphatic carboxylic acids is 1. The first-order valence-electron chi connectivity index (χ1n) is 7.26. The van der Waals surface area contributed by atoms with Crippen molar-refractivity contribution in [1.29, 1.82) is 0 Å². The number of carboxylic acid groups (broad SMARTS) is 1. The molecule has 1 unspecified atom stereocenters. The molecule has 1 heterocycles. The van der Waals surface area contributed by atoms with Gasteiger partial charge in [0, 0.05) is 26.7 Å². The summed E-state index contributed by atoms with van der Waals surface area (Å²) in [6, 6.07) is -0.189. The van der Waals surface area contributed by atoms with Gasteiger partial charge < -0.3 is 19.6 Å². The maximum Gasteiger partial charge on any atom is 0.319 e. The van der Waals surface area contributed by atoms with Crippen LogP contribution >= 0.6 is 0 Å². The summed E-state index contributed by atoms with van der Waals surface area (Å²) in [5.41, 5.74) is 0. The normalized spacial score (nSPS) is 17.2. The largest absolute Gasteiger partial charge is 0.481 e. The molecule has 1 saturated heterocycles. The monoisotopic (exact) mass is 300 g/mol. The molecule has 1 atom stereocenters. The Hall–Kier alpha value is -1.79. The van der Waals surface area contributed by atoms with Crippen LogP contribution in [0, 0.1) is 11.8 Å². The van der Waals surface area contributed by atoms with Gasteiger partial charge in [-0.25, -0.2) is 4.79 Å². The van der Waals surface area contributed by atoms with E-state index in [-0.39, 0.29) is 24.5 Å². The van der Waals surface area contributed by atoms with Gasteiger partial charge in [-0.3, -0.25) is 9.59 Å². The molecule has 0 aromatic heterocycles. The summed E-state index contributed by atoms with van der Waals surface area (Å²) in [5, 5.41) is 8.87. The van der Waals surface area contributed by atoms with Crippen LogP contribution in [0.1, 0.15) is 26.7 Å². The zero-order chi connectivity index (χ0) is 16.0. The predicted molar refractivity (Wildman–Crippen MR) is 75.8 cm³/mol. The predicted octanol–water partition coefficient (Wildman–Crippen LogP) is 1.03. The Labute approximate surface area is 124 Å². The number of piperidine rings is 1. The number of carbonyl (C=O) groups excluding carboxylic acids is 2. The summed E-state index contributed by atoms with van der Waals surface area (Å²) >= 11 is 0. The minimum Gasteiger partial charge on any atom is -0.481 e. The SMILES string of the molecule is CCOC(=O)C1CCN(C(=O)N(C)CC(C)C(=O)O)CC1. The highest BCUT2D eigenvalue weighted by Gasteiger charge is 2.30. The van der Waals surface area contributed by atoms with Crippen LogP contribution in [0.3, 0.4) is 0 Å². The van der Waals surface area contributed by atoms with Crippen molar-refractivity contribution in [3.63, 3.8) is 0 Å². The fourth-order valence-corrected chi connectivity index (χ4v) is 2.37. The maximum absolute atomic E-state index is 12.2. The molecule has 7 heteroatoms. The minimum absolute atomic E-state index is 0.141. The molecule has 0 bridgehead atoms. The summed E-state index contributed by atoms with van der Waals surface area (Å²) in [7, 11) is 1.60. The molecule has 120 valence electrons. The Morgan fingerprint density at radius 2 is 1.90 bits per heavy atom. The molecular weight excluding hydrogens is 276 g/mol. The lowest BCUT2D eigenvalue weighted by Crippen LogP contribution is -2.47. The lowest BCUT2D eigenvalue weighted by molar-refractivity contribution is -0.149. The van der Waals surface area contributed by atoms with E-state index in [0.717, 1.165) is 0 Å². The molecule has 2 amide bonds. The van der Waals surface area contributed by atoms with E-state index in [1.165, 1.54) is 4.90 Å². The van der Waals surface area contributed by atoms with E-state index in [4.69, 9.17) is 9.84 Å². The quantitative estimate of drug-likeness (QED) is 0.766. The molecule has 1 aliphatic heterocycles. The zero-order valence-corrected chi connectivity index (χ0v) is 12.9. The second-order valence-electron chi connectivity index (χ2n) is 5.42. The van der Waals surface area contributed by atoms with Crippen molar-refractivity contribution >= 4 is 18.0 Å². The number of urea groups is 1. The highest BCUT2D eigenvalue weighted by atomic mass is 16.5. The number of amides is 2. The van der Waals surface area contributed by atoms with Crippen LogP contribution in [0.25, 0.3) is 0 Å². The first-order valence-corrected chi connectivity index (χ1v) is 7.26. The Balaban J connectivity index is 2.44. The maximum atomic E-state index is 12.2. The lowest BCUT2D eigenvalue weighted by atomic mass is 9.97. The van der Waals surface area contributed by atoms with Gasteiger partial charge in [0.05, 0.1) is 18.4 Å². The van der Waals surface area contributed by atoms with Gasteiger partial charge >= 0.3 is 18.0 Å². The van der Waals surface area contributed by atoms with E-state index < -0.39 is 11.9 Å². The van der Waals surface area contributed by atoms with Gasteiger partial charge in [-0.05, 0) is 19.8 Å². The van der Waals surface area contributed by atoms with Gasteiger partial charge in [-0.2, -0.15) is 0 Å².